The first-order valence-corrected chi connectivity index (χ1v) is 4.83. The van der Waals surface area contributed by atoms with Crippen LogP contribution in [0.3, 0.4) is 0 Å². The summed E-state index contributed by atoms with van der Waals surface area (Å²) in [6.07, 6.45) is 0. The Kier molecular flexibility index (Phi) is 2.35. The van der Waals surface area contributed by atoms with Crippen LogP contribution in [-0.2, 0) is 0 Å². The Balaban J connectivity index is 2.97. The molecule has 0 radical (unpaired) electrons. The van der Waals surface area contributed by atoms with Crippen molar-refractivity contribution in [3.05, 3.63) is 43.8 Å². The third kappa shape index (κ3) is 1.63. The van der Waals surface area contributed by atoms with Gasteiger partial charge in [-0.1, -0.05) is 0 Å². The summed E-state index contributed by atoms with van der Waals surface area (Å²) < 4.78 is 4.81. The predicted octanol–water partition coefficient (Wildman–Crippen LogP) is 2.02. The minimum atomic E-state index is -1.15. The lowest BCUT2D eigenvalue weighted by Crippen LogP contribution is -2.07. The number of rotatable bonds is 1. The molecule has 0 aliphatic rings. The van der Waals surface area contributed by atoms with Gasteiger partial charge in [-0.05, 0) is 37.1 Å². The van der Waals surface area contributed by atoms with Gasteiger partial charge in [-0.25, -0.2) is 4.79 Å². The highest BCUT2D eigenvalue weighted by Gasteiger charge is 2.24. The molecule has 1 aromatic carbocycles. The fourth-order valence-electron chi connectivity index (χ4n) is 1.59. The van der Waals surface area contributed by atoms with Crippen LogP contribution in [0, 0.1) is 24.0 Å². The highest BCUT2D eigenvalue weighted by molar-refractivity contribution is 5.87. The van der Waals surface area contributed by atoms with Crippen LogP contribution in [0.25, 0.3) is 11.0 Å². The molecule has 0 atom stereocenters. The standard InChI is InChI=1S/C11H9NO5/c1-5-3-7-8(4-6(5)2)17-11(14)9(10(7)13)12(15)16/h3-4,13H,1-2H3. The average Bonchev–Trinajstić information content (AvgIpc) is 2.21. The van der Waals surface area contributed by atoms with Crippen LogP contribution in [0.1, 0.15) is 11.1 Å². The van der Waals surface area contributed by atoms with Crippen LogP contribution in [0.4, 0.5) is 5.69 Å². The van der Waals surface area contributed by atoms with Gasteiger partial charge in [0.25, 0.3) is 0 Å². The quantitative estimate of drug-likeness (QED) is 0.463. The summed E-state index contributed by atoms with van der Waals surface area (Å²) in [5.74, 6) is -0.649. The normalized spacial score (nSPS) is 10.7. The Labute approximate surface area is 95.3 Å². The molecule has 1 N–H and O–H groups in total. The van der Waals surface area contributed by atoms with Gasteiger partial charge in [0.1, 0.15) is 5.58 Å². The predicted molar refractivity (Wildman–Crippen MR) is 60.3 cm³/mol. The second kappa shape index (κ2) is 3.58. The molecule has 0 aliphatic heterocycles. The number of nitrogens with zero attached hydrogens (tertiary/aromatic N) is 1. The molecule has 17 heavy (non-hydrogen) atoms. The van der Waals surface area contributed by atoms with E-state index in [2.05, 4.69) is 0 Å². The first kappa shape index (κ1) is 11.1. The van der Waals surface area contributed by atoms with E-state index in [1.54, 1.807) is 19.1 Å². The smallest absolute Gasteiger partial charge is 0.419 e. The molecule has 0 saturated heterocycles. The molecule has 6 nitrogen and oxygen atoms in total. The van der Waals surface area contributed by atoms with E-state index in [0.29, 0.717) is 0 Å². The third-order valence-electron chi connectivity index (χ3n) is 2.65. The topological polar surface area (TPSA) is 93.6 Å². The number of aryl methyl sites for hydroxylation is 2. The fraction of sp³-hybridized carbons (Fsp3) is 0.182. The molecule has 0 amide bonds. The number of hydrogen-bond acceptors (Lipinski definition) is 5. The Morgan fingerprint density at radius 1 is 1.29 bits per heavy atom. The lowest BCUT2D eigenvalue weighted by Gasteiger charge is -2.04. The zero-order valence-corrected chi connectivity index (χ0v) is 9.18. The van der Waals surface area contributed by atoms with E-state index >= 15 is 0 Å². The van der Waals surface area contributed by atoms with Crippen molar-refractivity contribution >= 4 is 16.7 Å². The van der Waals surface area contributed by atoms with Gasteiger partial charge in [0.05, 0.1) is 10.3 Å². The Morgan fingerprint density at radius 2 is 1.88 bits per heavy atom. The van der Waals surface area contributed by atoms with Crippen LogP contribution >= 0.6 is 0 Å². The number of aromatic hydroxyl groups is 1. The minimum absolute atomic E-state index is 0.140. The number of hydrogen-bond donors (Lipinski definition) is 1. The van der Waals surface area contributed by atoms with E-state index in [1.165, 1.54) is 0 Å². The lowest BCUT2D eigenvalue weighted by atomic mass is 10.1. The second-order valence-corrected chi connectivity index (χ2v) is 3.78. The zero-order chi connectivity index (χ0) is 12.7. The van der Waals surface area contributed by atoms with Gasteiger partial charge in [-0.2, -0.15) is 0 Å². The van der Waals surface area contributed by atoms with Crippen LogP contribution in [0.5, 0.6) is 5.75 Å². The van der Waals surface area contributed by atoms with Crippen molar-refractivity contribution in [2.45, 2.75) is 13.8 Å². The summed E-state index contributed by atoms with van der Waals surface area (Å²) in [6.45, 7) is 3.61. The molecule has 2 aromatic rings. The van der Waals surface area contributed by atoms with E-state index < -0.39 is 22.0 Å². The third-order valence-corrected chi connectivity index (χ3v) is 2.65. The molecule has 2 rings (SSSR count). The maximum Gasteiger partial charge on any atom is 0.419 e. The second-order valence-electron chi connectivity index (χ2n) is 3.78. The Morgan fingerprint density at radius 3 is 2.47 bits per heavy atom. The molecule has 1 aromatic heterocycles. The summed E-state index contributed by atoms with van der Waals surface area (Å²) in [7, 11) is 0. The zero-order valence-electron chi connectivity index (χ0n) is 9.18. The highest BCUT2D eigenvalue weighted by atomic mass is 16.6. The van der Waals surface area contributed by atoms with E-state index in [0.717, 1.165) is 11.1 Å². The first-order chi connectivity index (χ1) is 7.91. The molecule has 0 unspecified atom stereocenters. The summed E-state index contributed by atoms with van der Waals surface area (Å²) in [4.78, 5) is 21.0. The molecule has 0 saturated carbocycles. The lowest BCUT2D eigenvalue weighted by molar-refractivity contribution is -0.388. The largest absolute Gasteiger partial charge is 0.501 e. The first-order valence-electron chi connectivity index (χ1n) is 4.83. The van der Waals surface area contributed by atoms with E-state index in [1.807, 2.05) is 6.92 Å². The fourth-order valence-corrected chi connectivity index (χ4v) is 1.59. The molecular formula is C11H9NO5. The Bertz CT molecular complexity index is 686. The number of fused-ring (bicyclic) bond motifs is 1. The van der Waals surface area contributed by atoms with Crippen molar-refractivity contribution in [1.82, 2.24) is 0 Å². The molecule has 0 spiro atoms. The van der Waals surface area contributed by atoms with E-state index in [-0.39, 0.29) is 11.0 Å². The van der Waals surface area contributed by atoms with Crippen molar-refractivity contribution in [3.8, 4) is 5.75 Å². The minimum Gasteiger partial charge on any atom is -0.501 e. The number of nitro groups is 1. The average molecular weight is 235 g/mol. The summed E-state index contributed by atoms with van der Waals surface area (Å²) >= 11 is 0. The highest BCUT2D eigenvalue weighted by Crippen LogP contribution is 2.32. The van der Waals surface area contributed by atoms with E-state index in [4.69, 9.17) is 4.42 Å². The molecular weight excluding hydrogens is 226 g/mol. The van der Waals surface area contributed by atoms with Crippen LogP contribution in [-0.4, -0.2) is 10.0 Å². The van der Waals surface area contributed by atoms with Gasteiger partial charge in [0.2, 0.25) is 5.75 Å². The molecule has 6 heteroatoms. The number of benzene rings is 1. The maximum absolute atomic E-state index is 11.3. The van der Waals surface area contributed by atoms with Crippen molar-refractivity contribution < 1.29 is 14.4 Å². The van der Waals surface area contributed by atoms with Crippen LogP contribution in [0.2, 0.25) is 0 Å². The van der Waals surface area contributed by atoms with Crippen LogP contribution in [0.15, 0.2) is 21.3 Å². The SMILES string of the molecule is Cc1cc2oc(=O)c([N+](=O)[O-])c(O)c2cc1C. The van der Waals surface area contributed by atoms with Crippen molar-refractivity contribution in [2.24, 2.45) is 0 Å². The molecule has 0 aliphatic carbocycles. The summed E-state index contributed by atoms with van der Waals surface area (Å²) in [5.41, 5.74) is -0.227. The van der Waals surface area contributed by atoms with Crippen LogP contribution < -0.4 is 5.63 Å². The van der Waals surface area contributed by atoms with Gasteiger partial charge in [-0.3, -0.25) is 10.1 Å². The van der Waals surface area contributed by atoms with Gasteiger partial charge in [-0.15, -0.1) is 0 Å². The summed E-state index contributed by atoms with van der Waals surface area (Å²) in [5, 5.41) is 20.5. The molecule has 1 heterocycles. The molecule has 0 bridgehead atoms. The molecule has 0 fully saturated rings. The maximum atomic E-state index is 11.3. The Hall–Kier alpha value is -2.37. The summed E-state index contributed by atoms with van der Waals surface area (Å²) in [6, 6.07) is 3.12. The van der Waals surface area contributed by atoms with Gasteiger partial charge < -0.3 is 9.52 Å². The van der Waals surface area contributed by atoms with Gasteiger partial charge >= 0.3 is 11.3 Å². The van der Waals surface area contributed by atoms with Crippen molar-refractivity contribution in [3.63, 3.8) is 0 Å². The van der Waals surface area contributed by atoms with Crippen molar-refractivity contribution in [2.75, 3.05) is 0 Å². The molecule has 88 valence electrons. The van der Waals surface area contributed by atoms with Gasteiger partial charge in [0.15, 0.2) is 0 Å². The van der Waals surface area contributed by atoms with Crippen molar-refractivity contribution in [1.29, 1.82) is 0 Å². The monoisotopic (exact) mass is 235 g/mol. The van der Waals surface area contributed by atoms with E-state index in [9.17, 15) is 20.0 Å². The van der Waals surface area contributed by atoms with Gasteiger partial charge in [0, 0.05) is 0 Å².